The predicted molar refractivity (Wildman–Crippen MR) is 133 cm³/mol. The summed E-state index contributed by atoms with van der Waals surface area (Å²) < 4.78 is 1.57. The second kappa shape index (κ2) is 8.73. The Morgan fingerprint density at radius 2 is 1.63 bits per heavy atom. The highest BCUT2D eigenvalue weighted by atomic mass is 16.4. The zero-order valence-electron chi connectivity index (χ0n) is 19.6. The third-order valence-electron chi connectivity index (χ3n) is 6.76. The van der Waals surface area contributed by atoms with E-state index in [-0.39, 0.29) is 5.41 Å². The molecule has 1 heterocycles. The number of carboxylic acid groups (broad SMARTS) is 1. The number of hydrogen-bond donors (Lipinski definition) is 1. The lowest BCUT2D eigenvalue weighted by Crippen LogP contribution is -2.34. The van der Waals surface area contributed by atoms with Gasteiger partial charge in [-0.2, -0.15) is 9.94 Å². The molecule has 7 nitrogen and oxygen atoms in total. The molecule has 1 aromatic heterocycles. The highest BCUT2D eigenvalue weighted by molar-refractivity contribution is 5.87. The first-order valence-corrected chi connectivity index (χ1v) is 11.6. The molecule has 1 aliphatic rings. The molecule has 174 valence electrons. The Kier molecular flexibility index (Phi) is 5.58. The fraction of sp³-hybridized carbons (Fsp3) is 0.214. The fourth-order valence-corrected chi connectivity index (χ4v) is 4.49. The minimum absolute atomic E-state index is 0.295. The Balaban J connectivity index is 1.46. The average molecular weight is 464 g/mol. The van der Waals surface area contributed by atoms with Crippen LogP contribution in [0.3, 0.4) is 0 Å². The molecule has 35 heavy (non-hydrogen) atoms. The van der Waals surface area contributed by atoms with Crippen molar-refractivity contribution in [1.82, 2.24) is 15.0 Å². The van der Waals surface area contributed by atoms with Gasteiger partial charge in [0.2, 0.25) is 0 Å². The number of hydrogen-bond acceptors (Lipinski definition) is 4. The van der Waals surface area contributed by atoms with Crippen molar-refractivity contribution < 1.29 is 9.90 Å². The van der Waals surface area contributed by atoms with Gasteiger partial charge in [-0.05, 0) is 61.1 Å². The lowest BCUT2D eigenvalue weighted by Gasteiger charge is -2.27. The van der Waals surface area contributed by atoms with E-state index >= 15 is 0 Å². The number of aryl methyl sites for hydroxylation is 1. The third kappa shape index (κ3) is 4.04. The van der Waals surface area contributed by atoms with Gasteiger partial charge < -0.3 is 5.11 Å². The van der Waals surface area contributed by atoms with E-state index in [0.29, 0.717) is 17.2 Å². The molecule has 0 unspecified atom stereocenters. The number of carbonyl (C=O) groups is 1. The number of anilines is 1. The highest BCUT2D eigenvalue weighted by Crippen LogP contribution is 2.47. The Labute approximate surface area is 203 Å². The lowest BCUT2D eigenvalue weighted by atomic mass is 9.95. The van der Waals surface area contributed by atoms with Crippen molar-refractivity contribution >= 4 is 11.9 Å². The number of benzene rings is 3. The summed E-state index contributed by atoms with van der Waals surface area (Å²) in [5.74, 6) is 0.414. The fourth-order valence-electron chi connectivity index (χ4n) is 4.49. The first kappa shape index (κ1) is 22.4. The number of nitriles is 1. The topological polar surface area (TPSA) is 95.0 Å². The minimum Gasteiger partial charge on any atom is -0.465 e. The zero-order chi connectivity index (χ0) is 24.6. The zero-order valence-corrected chi connectivity index (χ0v) is 19.6. The maximum absolute atomic E-state index is 12.3. The molecule has 1 saturated carbocycles. The Morgan fingerprint density at radius 1 is 1.03 bits per heavy atom. The molecule has 0 radical (unpaired) electrons. The van der Waals surface area contributed by atoms with Gasteiger partial charge in [-0.25, -0.2) is 4.79 Å². The van der Waals surface area contributed by atoms with Crippen LogP contribution in [0, 0.1) is 18.3 Å². The molecule has 5 rings (SSSR count). The average Bonchev–Trinajstić information content (AvgIpc) is 3.61. The Bertz CT molecular complexity index is 1400. The van der Waals surface area contributed by atoms with Gasteiger partial charge in [0.1, 0.15) is 5.69 Å². The minimum atomic E-state index is -1.07. The molecule has 1 atom stereocenters. The monoisotopic (exact) mass is 463 g/mol. The summed E-state index contributed by atoms with van der Waals surface area (Å²) in [7, 11) is 0. The van der Waals surface area contributed by atoms with Gasteiger partial charge in [0.25, 0.3) is 0 Å². The number of aromatic nitrogens is 3. The molecule has 1 amide bonds. The molecule has 0 bridgehead atoms. The number of nitrogens with zero attached hydrogens (tertiary/aromatic N) is 5. The quantitative estimate of drug-likeness (QED) is 0.376. The molecule has 1 N–H and O–H groups in total. The van der Waals surface area contributed by atoms with Gasteiger partial charge in [0.15, 0.2) is 5.82 Å². The van der Waals surface area contributed by atoms with E-state index in [4.69, 9.17) is 0 Å². The van der Waals surface area contributed by atoms with E-state index in [1.54, 1.807) is 11.6 Å². The molecule has 7 heteroatoms. The third-order valence-corrected chi connectivity index (χ3v) is 6.76. The van der Waals surface area contributed by atoms with Crippen LogP contribution < -0.4 is 4.90 Å². The summed E-state index contributed by atoms with van der Waals surface area (Å²) in [5.41, 5.74) is 4.98. The van der Waals surface area contributed by atoms with Crippen LogP contribution in [0.15, 0.2) is 78.9 Å². The van der Waals surface area contributed by atoms with Gasteiger partial charge in [0, 0.05) is 0 Å². The maximum Gasteiger partial charge on any atom is 0.413 e. The van der Waals surface area contributed by atoms with Crippen LogP contribution >= 0.6 is 0 Å². The standard InChI is InChI=1S/C28H25N5O2/c1-19-26(32(27(34)35)20(2)21-6-4-3-5-7-21)33(31-30-19)25-14-10-23(11-15-25)22-8-12-24(13-9-22)28(18-29)16-17-28/h3-15,20H,16-17H2,1-2H3,(H,34,35)/t20-/m1/s1. The van der Waals surface area contributed by atoms with Crippen molar-refractivity contribution in [2.24, 2.45) is 0 Å². The first-order valence-electron chi connectivity index (χ1n) is 11.6. The molecule has 4 aromatic rings. The largest absolute Gasteiger partial charge is 0.465 e. The summed E-state index contributed by atoms with van der Waals surface area (Å²) in [6, 6.07) is 27.4. The van der Waals surface area contributed by atoms with Crippen molar-refractivity contribution in [3.8, 4) is 22.9 Å². The smallest absolute Gasteiger partial charge is 0.413 e. The lowest BCUT2D eigenvalue weighted by molar-refractivity contribution is 0.199. The first-order chi connectivity index (χ1) is 16.9. The number of rotatable bonds is 6. The predicted octanol–water partition coefficient (Wildman–Crippen LogP) is 6.04. The molecular formula is C28H25N5O2. The van der Waals surface area contributed by atoms with Gasteiger partial charge in [-0.3, -0.25) is 4.90 Å². The van der Waals surface area contributed by atoms with Crippen LogP contribution in [-0.2, 0) is 5.41 Å². The van der Waals surface area contributed by atoms with Gasteiger partial charge in [-0.1, -0.05) is 71.9 Å². The van der Waals surface area contributed by atoms with E-state index in [1.165, 1.54) is 4.90 Å². The molecule has 1 aliphatic carbocycles. The molecular weight excluding hydrogens is 438 g/mol. The SMILES string of the molecule is Cc1nnn(-c2ccc(-c3ccc(C4(C#N)CC4)cc3)cc2)c1N(C(=O)O)[C@H](C)c1ccccc1. The van der Waals surface area contributed by atoms with Gasteiger partial charge >= 0.3 is 6.09 Å². The van der Waals surface area contributed by atoms with Crippen LogP contribution in [0.4, 0.5) is 10.6 Å². The molecule has 0 saturated heterocycles. The summed E-state index contributed by atoms with van der Waals surface area (Å²) >= 11 is 0. The number of amides is 1. The van der Waals surface area contributed by atoms with Crippen molar-refractivity contribution in [1.29, 1.82) is 5.26 Å². The Hall–Kier alpha value is -4.44. The normalized spacial score (nSPS) is 14.7. The summed E-state index contributed by atoms with van der Waals surface area (Å²) in [6.45, 7) is 3.61. The van der Waals surface area contributed by atoms with Crippen LogP contribution in [0.2, 0.25) is 0 Å². The molecule has 1 fully saturated rings. The van der Waals surface area contributed by atoms with Crippen LogP contribution in [0.25, 0.3) is 16.8 Å². The second-order valence-corrected chi connectivity index (χ2v) is 8.97. The summed E-state index contributed by atoms with van der Waals surface area (Å²) in [5, 5.41) is 28.0. The van der Waals surface area contributed by atoms with E-state index in [1.807, 2.05) is 85.8 Å². The van der Waals surface area contributed by atoms with Crippen molar-refractivity contribution in [3.63, 3.8) is 0 Å². The van der Waals surface area contributed by atoms with Crippen LogP contribution in [0.1, 0.15) is 42.6 Å². The van der Waals surface area contributed by atoms with Gasteiger partial charge in [-0.15, -0.1) is 5.10 Å². The summed E-state index contributed by atoms with van der Waals surface area (Å²) in [6.07, 6.45) is 0.775. The van der Waals surface area contributed by atoms with E-state index < -0.39 is 12.1 Å². The van der Waals surface area contributed by atoms with Gasteiger partial charge in [0.05, 0.1) is 23.2 Å². The Morgan fingerprint density at radius 3 is 2.17 bits per heavy atom. The van der Waals surface area contributed by atoms with E-state index in [2.05, 4.69) is 16.4 Å². The molecule has 0 aliphatic heterocycles. The molecule has 3 aromatic carbocycles. The molecule has 0 spiro atoms. The summed E-state index contributed by atoms with van der Waals surface area (Å²) in [4.78, 5) is 13.7. The van der Waals surface area contributed by atoms with Crippen molar-refractivity contribution in [3.05, 3.63) is 95.7 Å². The van der Waals surface area contributed by atoms with Crippen LogP contribution in [0.5, 0.6) is 0 Å². The van der Waals surface area contributed by atoms with E-state index in [0.717, 1.165) is 35.1 Å². The maximum atomic E-state index is 12.3. The van der Waals surface area contributed by atoms with Crippen LogP contribution in [-0.4, -0.2) is 26.2 Å². The second-order valence-electron chi connectivity index (χ2n) is 8.97. The van der Waals surface area contributed by atoms with E-state index in [9.17, 15) is 15.2 Å². The van der Waals surface area contributed by atoms with Crippen molar-refractivity contribution in [2.45, 2.75) is 38.1 Å². The highest BCUT2D eigenvalue weighted by Gasteiger charge is 2.44. The van der Waals surface area contributed by atoms with Crippen molar-refractivity contribution in [2.75, 3.05) is 4.90 Å².